The first-order valence-electron chi connectivity index (χ1n) is 5.07. The summed E-state index contributed by atoms with van der Waals surface area (Å²) in [7, 11) is 0. The molecule has 6 heteroatoms. The summed E-state index contributed by atoms with van der Waals surface area (Å²) in [5.41, 5.74) is 0.251. The van der Waals surface area contributed by atoms with Crippen LogP contribution in [0.3, 0.4) is 0 Å². The highest BCUT2D eigenvalue weighted by atomic mass is 19.1. The Labute approximate surface area is 102 Å². The molecule has 0 saturated carbocycles. The number of rotatable bonds is 4. The molecule has 18 heavy (non-hydrogen) atoms. The summed E-state index contributed by atoms with van der Waals surface area (Å²) in [6, 6.07) is 5.43. The van der Waals surface area contributed by atoms with Crippen LogP contribution in [0.4, 0.5) is 4.39 Å². The number of nitrogens with zero attached hydrogens (tertiary/aromatic N) is 2. The average Bonchev–Trinajstić information content (AvgIpc) is 2.38. The fraction of sp³-hybridized carbons (Fsp3) is 0.0833. The predicted molar refractivity (Wildman–Crippen MR) is 59.7 cm³/mol. The van der Waals surface area contributed by atoms with Crippen LogP contribution in [0, 0.1) is 5.82 Å². The van der Waals surface area contributed by atoms with Crippen LogP contribution in [0.15, 0.2) is 36.8 Å². The minimum atomic E-state index is -1.12. The number of halogens is 1. The van der Waals surface area contributed by atoms with Crippen LogP contribution in [0.1, 0.15) is 16.1 Å². The summed E-state index contributed by atoms with van der Waals surface area (Å²) in [5, 5.41) is 8.91. The zero-order chi connectivity index (χ0) is 13.0. The topological polar surface area (TPSA) is 72.3 Å². The van der Waals surface area contributed by atoms with Gasteiger partial charge in [-0.15, -0.1) is 0 Å². The van der Waals surface area contributed by atoms with Crippen molar-refractivity contribution < 1.29 is 19.0 Å². The molecule has 1 aromatic heterocycles. The third-order valence-corrected chi connectivity index (χ3v) is 2.21. The Morgan fingerprint density at radius 1 is 1.33 bits per heavy atom. The second-order valence-electron chi connectivity index (χ2n) is 3.43. The molecule has 0 saturated heterocycles. The molecule has 0 amide bonds. The van der Waals surface area contributed by atoms with Crippen molar-refractivity contribution in [2.75, 3.05) is 0 Å². The molecule has 0 bridgehead atoms. The Hall–Kier alpha value is -2.50. The standard InChI is InChI=1S/C12H9FN2O3/c13-8-1-3-9(4-2-8)18-6-11-10(12(16)17)5-14-7-15-11/h1-5,7H,6H2,(H,16,17). The van der Waals surface area contributed by atoms with Gasteiger partial charge in [-0.1, -0.05) is 0 Å². The lowest BCUT2D eigenvalue weighted by Crippen LogP contribution is -2.08. The number of carbonyl (C=O) groups is 1. The SMILES string of the molecule is O=C(O)c1cncnc1COc1ccc(F)cc1. The molecule has 2 aromatic rings. The highest BCUT2D eigenvalue weighted by molar-refractivity contribution is 5.88. The lowest BCUT2D eigenvalue weighted by Gasteiger charge is -2.07. The zero-order valence-electron chi connectivity index (χ0n) is 9.21. The molecule has 0 aliphatic rings. The third-order valence-electron chi connectivity index (χ3n) is 2.21. The van der Waals surface area contributed by atoms with Gasteiger partial charge in [0, 0.05) is 6.20 Å². The van der Waals surface area contributed by atoms with Crippen LogP contribution in [0.5, 0.6) is 5.75 Å². The Balaban J connectivity index is 2.10. The smallest absolute Gasteiger partial charge is 0.339 e. The average molecular weight is 248 g/mol. The van der Waals surface area contributed by atoms with Crippen molar-refractivity contribution in [1.29, 1.82) is 0 Å². The molecule has 1 N–H and O–H groups in total. The number of aromatic nitrogens is 2. The second-order valence-corrected chi connectivity index (χ2v) is 3.43. The fourth-order valence-electron chi connectivity index (χ4n) is 1.33. The van der Waals surface area contributed by atoms with Gasteiger partial charge < -0.3 is 9.84 Å². The van der Waals surface area contributed by atoms with E-state index in [1.165, 1.54) is 36.8 Å². The quantitative estimate of drug-likeness (QED) is 0.894. The molecule has 0 aliphatic carbocycles. The van der Waals surface area contributed by atoms with E-state index >= 15 is 0 Å². The van der Waals surface area contributed by atoms with Crippen molar-refractivity contribution in [2.24, 2.45) is 0 Å². The molecule has 92 valence electrons. The molecule has 0 fully saturated rings. The van der Waals surface area contributed by atoms with E-state index in [1.807, 2.05) is 0 Å². The van der Waals surface area contributed by atoms with Crippen molar-refractivity contribution in [3.8, 4) is 5.75 Å². The lowest BCUT2D eigenvalue weighted by atomic mass is 10.2. The normalized spacial score (nSPS) is 10.1. The number of benzene rings is 1. The number of carboxylic acids is 1. The lowest BCUT2D eigenvalue weighted by molar-refractivity contribution is 0.0692. The van der Waals surface area contributed by atoms with Gasteiger partial charge in [0.15, 0.2) is 0 Å². The first-order valence-corrected chi connectivity index (χ1v) is 5.07. The van der Waals surface area contributed by atoms with Crippen LogP contribution in [-0.2, 0) is 6.61 Å². The van der Waals surface area contributed by atoms with Crippen LogP contribution in [0.25, 0.3) is 0 Å². The maximum atomic E-state index is 12.7. The van der Waals surface area contributed by atoms with Crippen LogP contribution >= 0.6 is 0 Å². The maximum absolute atomic E-state index is 12.7. The first kappa shape index (κ1) is 12.0. The van der Waals surface area contributed by atoms with Gasteiger partial charge in [-0.2, -0.15) is 0 Å². The molecule has 0 radical (unpaired) electrons. The van der Waals surface area contributed by atoms with Crippen LogP contribution < -0.4 is 4.74 Å². The summed E-state index contributed by atoms with van der Waals surface area (Å²) >= 11 is 0. The molecule has 1 aromatic carbocycles. The van der Waals surface area contributed by atoms with Gasteiger partial charge in [0.1, 0.15) is 30.1 Å². The fourth-order valence-corrected chi connectivity index (χ4v) is 1.33. The Morgan fingerprint density at radius 2 is 2.06 bits per heavy atom. The van der Waals surface area contributed by atoms with Gasteiger partial charge in [0.25, 0.3) is 0 Å². The Morgan fingerprint density at radius 3 is 2.72 bits per heavy atom. The first-order chi connectivity index (χ1) is 8.66. The summed E-state index contributed by atoms with van der Waals surface area (Å²) in [5.74, 6) is -1.05. The van der Waals surface area contributed by atoms with Gasteiger partial charge >= 0.3 is 5.97 Å². The van der Waals surface area contributed by atoms with E-state index in [-0.39, 0.29) is 23.7 Å². The number of hydrogen-bond acceptors (Lipinski definition) is 4. The van der Waals surface area contributed by atoms with Crippen molar-refractivity contribution in [3.05, 3.63) is 53.9 Å². The largest absolute Gasteiger partial charge is 0.487 e. The van der Waals surface area contributed by atoms with Crippen molar-refractivity contribution in [3.63, 3.8) is 0 Å². The predicted octanol–water partition coefficient (Wildman–Crippen LogP) is 1.89. The molecular formula is C12H9FN2O3. The maximum Gasteiger partial charge on any atom is 0.339 e. The Kier molecular flexibility index (Phi) is 3.47. The minimum Gasteiger partial charge on any atom is -0.487 e. The van der Waals surface area contributed by atoms with Crippen molar-refractivity contribution in [1.82, 2.24) is 9.97 Å². The van der Waals surface area contributed by atoms with E-state index < -0.39 is 5.97 Å². The summed E-state index contributed by atoms with van der Waals surface area (Å²) in [6.07, 6.45) is 2.45. The van der Waals surface area contributed by atoms with E-state index in [2.05, 4.69) is 9.97 Å². The number of carboxylic acid groups (broad SMARTS) is 1. The molecule has 0 atom stereocenters. The third kappa shape index (κ3) is 2.79. The highest BCUT2D eigenvalue weighted by Gasteiger charge is 2.11. The van der Waals surface area contributed by atoms with Crippen molar-refractivity contribution >= 4 is 5.97 Å². The second kappa shape index (κ2) is 5.22. The summed E-state index contributed by atoms with van der Waals surface area (Å²) in [6.45, 7) is -0.0181. The molecule has 0 aliphatic heterocycles. The van der Waals surface area contributed by atoms with Gasteiger partial charge in [0.05, 0.1) is 5.69 Å². The molecule has 1 heterocycles. The van der Waals surface area contributed by atoms with E-state index in [0.717, 1.165) is 0 Å². The zero-order valence-corrected chi connectivity index (χ0v) is 9.21. The van der Waals surface area contributed by atoms with Crippen molar-refractivity contribution in [2.45, 2.75) is 6.61 Å². The van der Waals surface area contributed by atoms with E-state index in [4.69, 9.17) is 9.84 Å². The van der Waals surface area contributed by atoms with Crippen LogP contribution in [-0.4, -0.2) is 21.0 Å². The molecular weight excluding hydrogens is 239 g/mol. The van der Waals surface area contributed by atoms with E-state index in [0.29, 0.717) is 5.75 Å². The van der Waals surface area contributed by atoms with E-state index in [9.17, 15) is 9.18 Å². The van der Waals surface area contributed by atoms with E-state index in [1.54, 1.807) is 0 Å². The molecule has 5 nitrogen and oxygen atoms in total. The Bertz CT molecular complexity index is 558. The van der Waals surface area contributed by atoms with Gasteiger partial charge in [-0.25, -0.2) is 19.2 Å². The highest BCUT2D eigenvalue weighted by Crippen LogP contribution is 2.14. The van der Waals surface area contributed by atoms with Gasteiger partial charge in [0.2, 0.25) is 0 Å². The number of ether oxygens (including phenoxy) is 1. The molecule has 0 spiro atoms. The number of aromatic carboxylic acids is 1. The van der Waals surface area contributed by atoms with Crippen LogP contribution in [0.2, 0.25) is 0 Å². The summed E-state index contributed by atoms with van der Waals surface area (Å²) < 4.78 is 18.0. The molecule has 0 unspecified atom stereocenters. The number of hydrogen-bond donors (Lipinski definition) is 1. The minimum absolute atomic E-state index is 0.0142. The summed E-state index contributed by atoms with van der Waals surface area (Å²) in [4.78, 5) is 18.4. The molecule has 2 rings (SSSR count). The monoisotopic (exact) mass is 248 g/mol. The van der Waals surface area contributed by atoms with Gasteiger partial charge in [-0.3, -0.25) is 0 Å². The van der Waals surface area contributed by atoms with Gasteiger partial charge in [-0.05, 0) is 24.3 Å².